The average Bonchev–Trinajstić information content (AvgIpc) is 2.04. The van der Waals surface area contributed by atoms with E-state index in [1.807, 2.05) is 0 Å². The number of halogens is 1. The second kappa shape index (κ2) is 3.50. The van der Waals surface area contributed by atoms with E-state index in [2.05, 4.69) is 11.6 Å². The van der Waals surface area contributed by atoms with Crippen molar-refractivity contribution in [1.82, 2.24) is 4.98 Å². The number of nitrogens with zero attached hydrogens (tertiary/aromatic N) is 1. The van der Waals surface area contributed by atoms with Crippen molar-refractivity contribution in [2.24, 2.45) is 0 Å². The summed E-state index contributed by atoms with van der Waals surface area (Å²) >= 11 is 5.55. The average molecular weight is 182 g/mol. The fourth-order valence-corrected chi connectivity index (χ4v) is 0.868. The van der Waals surface area contributed by atoms with Gasteiger partial charge < -0.3 is 0 Å². The van der Waals surface area contributed by atoms with Gasteiger partial charge in [0.25, 0.3) is 0 Å². The SMILES string of the molecule is C=C(C)C(=O)c1ccc(Cl)nc1. The summed E-state index contributed by atoms with van der Waals surface area (Å²) in [6.07, 6.45) is 1.44. The first-order chi connectivity index (χ1) is 5.61. The van der Waals surface area contributed by atoms with E-state index in [0.717, 1.165) is 0 Å². The lowest BCUT2D eigenvalue weighted by atomic mass is 10.1. The second-order valence-corrected chi connectivity index (χ2v) is 2.87. The summed E-state index contributed by atoms with van der Waals surface area (Å²) < 4.78 is 0. The number of carbonyl (C=O) groups is 1. The van der Waals surface area contributed by atoms with Gasteiger partial charge in [-0.05, 0) is 24.6 Å². The number of carbonyl (C=O) groups excluding carboxylic acids is 1. The van der Waals surface area contributed by atoms with E-state index < -0.39 is 0 Å². The van der Waals surface area contributed by atoms with E-state index in [9.17, 15) is 4.79 Å². The Morgan fingerprint density at radius 1 is 1.58 bits per heavy atom. The summed E-state index contributed by atoms with van der Waals surface area (Å²) in [6, 6.07) is 3.21. The third kappa shape index (κ3) is 1.92. The van der Waals surface area contributed by atoms with Gasteiger partial charge in [0.2, 0.25) is 0 Å². The Hall–Kier alpha value is -1.15. The molecule has 12 heavy (non-hydrogen) atoms. The number of hydrogen-bond acceptors (Lipinski definition) is 2. The van der Waals surface area contributed by atoms with Crippen molar-refractivity contribution < 1.29 is 4.79 Å². The molecule has 62 valence electrons. The predicted octanol–water partition coefficient (Wildman–Crippen LogP) is 2.49. The fourth-order valence-electron chi connectivity index (χ4n) is 0.757. The van der Waals surface area contributed by atoms with Gasteiger partial charge in [-0.25, -0.2) is 4.98 Å². The summed E-state index contributed by atoms with van der Waals surface area (Å²) in [6.45, 7) is 5.21. The van der Waals surface area contributed by atoms with Crippen molar-refractivity contribution in [3.63, 3.8) is 0 Å². The number of pyridine rings is 1. The van der Waals surface area contributed by atoms with Crippen LogP contribution in [-0.4, -0.2) is 10.8 Å². The highest BCUT2D eigenvalue weighted by Crippen LogP contribution is 2.08. The molecule has 0 unspecified atom stereocenters. The fraction of sp³-hybridized carbons (Fsp3) is 0.111. The van der Waals surface area contributed by atoms with Gasteiger partial charge in [0.15, 0.2) is 5.78 Å². The van der Waals surface area contributed by atoms with Crippen molar-refractivity contribution in [2.75, 3.05) is 0 Å². The summed E-state index contributed by atoms with van der Waals surface area (Å²) in [5.41, 5.74) is 1.02. The first-order valence-corrected chi connectivity index (χ1v) is 3.81. The Morgan fingerprint density at radius 2 is 2.25 bits per heavy atom. The first-order valence-electron chi connectivity index (χ1n) is 3.43. The largest absolute Gasteiger partial charge is 0.289 e. The Balaban J connectivity index is 2.98. The van der Waals surface area contributed by atoms with Crippen molar-refractivity contribution in [3.05, 3.63) is 41.2 Å². The molecule has 2 nitrogen and oxygen atoms in total. The second-order valence-electron chi connectivity index (χ2n) is 2.48. The van der Waals surface area contributed by atoms with Gasteiger partial charge in [-0.15, -0.1) is 0 Å². The van der Waals surface area contributed by atoms with Gasteiger partial charge in [0.1, 0.15) is 5.15 Å². The van der Waals surface area contributed by atoms with Crippen LogP contribution in [0.3, 0.4) is 0 Å². The molecule has 0 radical (unpaired) electrons. The normalized spacial score (nSPS) is 9.50. The van der Waals surface area contributed by atoms with Crippen LogP contribution in [0.15, 0.2) is 30.5 Å². The molecule has 0 aliphatic carbocycles. The Labute approximate surface area is 75.9 Å². The van der Waals surface area contributed by atoms with Crippen molar-refractivity contribution in [3.8, 4) is 0 Å². The quantitative estimate of drug-likeness (QED) is 0.399. The van der Waals surface area contributed by atoms with Gasteiger partial charge in [-0.3, -0.25) is 4.79 Å². The molecule has 1 aromatic rings. The number of rotatable bonds is 2. The zero-order valence-corrected chi connectivity index (χ0v) is 7.43. The minimum Gasteiger partial charge on any atom is -0.289 e. The molecule has 0 saturated heterocycles. The molecule has 0 bridgehead atoms. The van der Waals surface area contributed by atoms with Gasteiger partial charge in [-0.1, -0.05) is 18.2 Å². The van der Waals surface area contributed by atoms with Crippen LogP contribution in [0, 0.1) is 0 Å². The molecule has 0 aliphatic heterocycles. The summed E-state index contributed by atoms with van der Waals surface area (Å²) in [7, 11) is 0. The standard InChI is InChI=1S/C9H8ClNO/c1-6(2)9(12)7-3-4-8(10)11-5-7/h3-5H,1H2,2H3. The van der Waals surface area contributed by atoms with Crippen LogP contribution < -0.4 is 0 Å². The minimum atomic E-state index is -0.0980. The molecule has 0 atom stereocenters. The van der Waals surface area contributed by atoms with Crippen LogP contribution in [0.4, 0.5) is 0 Å². The number of Topliss-reactive ketones (excluding diaryl/α,β-unsaturated/α-hetero) is 1. The van der Waals surface area contributed by atoms with Crippen LogP contribution in [-0.2, 0) is 0 Å². The summed E-state index contributed by atoms with van der Waals surface area (Å²) in [5.74, 6) is -0.0980. The van der Waals surface area contributed by atoms with Crippen LogP contribution in [0.25, 0.3) is 0 Å². The van der Waals surface area contributed by atoms with Crippen LogP contribution in [0.2, 0.25) is 5.15 Å². The lowest BCUT2D eigenvalue weighted by molar-refractivity contribution is 0.103. The predicted molar refractivity (Wildman–Crippen MR) is 48.4 cm³/mol. The van der Waals surface area contributed by atoms with E-state index in [0.29, 0.717) is 16.3 Å². The lowest BCUT2D eigenvalue weighted by Gasteiger charge is -1.97. The molecule has 0 fully saturated rings. The van der Waals surface area contributed by atoms with Crippen LogP contribution >= 0.6 is 11.6 Å². The van der Waals surface area contributed by atoms with E-state index in [-0.39, 0.29) is 5.78 Å². The molecule has 0 N–H and O–H groups in total. The van der Waals surface area contributed by atoms with Gasteiger partial charge in [0.05, 0.1) is 0 Å². The van der Waals surface area contributed by atoms with Gasteiger partial charge in [-0.2, -0.15) is 0 Å². The highest BCUT2D eigenvalue weighted by atomic mass is 35.5. The summed E-state index contributed by atoms with van der Waals surface area (Å²) in [5, 5.41) is 0.383. The molecule has 1 rings (SSSR count). The highest BCUT2D eigenvalue weighted by molar-refractivity contribution is 6.29. The third-order valence-electron chi connectivity index (χ3n) is 1.38. The van der Waals surface area contributed by atoms with Crippen molar-refractivity contribution >= 4 is 17.4 Å². The molecule has 0 spiro atoms. The molecule has 0 aromatic carbocycles. The maximum atomic E-state index is 11.3. The Morgan fingerprint density at radius 3 is 2.67 bits per heavy atom. The molecular weight excluding hydrogens is 174 g/mol. The van der Waals surface area contributed by atoms with Crippen LogP contribution in [0.1, 0.15) is 17.3 Å². The third-order valence-corrected chi connectivity index (χ3v) is 1.60. The molecule has 0 saturated carbocycles. The molecule has 0 amide bonds. The van der Waals surface area contributed by atoms with Crippen molar-refractivity contribution in [2.45, 2.75) is 6.92 Å². The maximum absolute atomic E-state index is 11.3. The Bertz CT molecular complexity index is 316. The molecule has 1 aromatic heterocycles. The number of hydrogen-bond donors (Lipinski definition) is 0. The smallest absolute Gasteiger partial charge is 0.189 e. The first kappa shape index (κ1) is 8.94. The van der Waals surface area contributed by atoms with Gasteiger partial charge >= 0.3 is 0 Å². The number of allylic oxidation sites excluding steroid dienone is 1. The zero-order chi connectivity index (χ0) is 9.14. The van der Waals surface area contributed by atoms with E-state index in [4.69, 9.17) is 11.6 Å². The van der Waals surface area contributed by atoms with Crippen molar-refractivity contribution in [1.29, 1.82) is 0 Å². The van der Waals surface area contributed by atoms with E-state index in [1.54, 1.807) is 19.1 Å². The summed E-state index contributed by atoms with van der Waals surface area (Å²) in [4.78, 5) is 15.1. The number of ketones is 1. The minimum absolute atomic E-state index is 0.0980. The Kier molecular flexibility index (Phi) is 2.61. The molecular formula is C9H8ClNO. The number of aromatic nitrogens is 1. The topological polar surface area (TPSA) is 30.0 Å². The molecule has 3 heteroatoms. The van der Waals surface area contributed by atoms with Crippen LogP contribution in [0.5, 0.6) is 0 Å². The monoisotopic (exact) mass is 181 g/mol. The highest BCUT2D eigenvalue weighted by Gasteiger charge is 2.05. The van der Waals surface area contributed by atoms with Gasteiger partial charge in [0, 0.05) is 11.8 Å². The van der Waals surface area contributed by atoms with E-state index >= 15 is 0 Å². The zero-order valence-electron chi connectivity index (χ0n) is 6.67. The molecule has 0 aliphatic rings. The lowest BCUT2D eigenvalue weighted by Crippen LogP contribution is -1.99. The van der Waals surface area contributed by atoms with E-state index in [1.165, 1.54) is 6.20 Å². The maximum Gasteiger partial charge on any atom is 0.189 e. The molecule has 1 heterocycles.